The second kappa shape index (κ2) is 3.44. The van der Waals surface area contributed by atoms with Crippen molar-refractivity contribution in [2.75, 3.05) is 25.9 Å². The fraction of sp³-hybridized carbons (Fsp3) is 0.750. The molecule has 0 aromatic heterocycles. The van der Waals surface area contributed by atoms with Crippen LogP contribution in [-0.4, -0.2) is 36.0 Å². The van der Waals surface area contributed by atoms with Crippen molar-refractivity contribution in [2.45, 2.75) is 12.2 Å². The molecule has 0 N–H and O–H groups in total. The van der Waals surface area contributed by atoms with E-state index in [0.717, 1.165) is 0 Å². The first-order chi connectivity index (χ1) is 4.70. The molecule has 1 aliphatic heterocycles. The fourth-order valence-electron chi connectivity index (χ4n) is 1.08. The Morgan fingerprint density at radius 3 is 2.80 bits per heavy atom. The fourth-order valence-corrected chi connectivity index (χ4v) is 2.42. The smallest absolute Gasteiger partial charge is 0.0378 e. The lowest BCUT2D eigenvalue weighted by molar-refractivity contribution is 0.354. The molecule has 0 aromatic carbocycles. The van der Waals surface area contributed by atoms with Crippen LogP contribution in [0.15, 0.2) is 12.2 Å². The lowest BCUT2D eigenvalue weighted by atomic mass is 10.2. The van der Waals surface area contributed by atoms with E-state index >= 15 is 0 Å². The van der Waals surface area contributed by atoms with E-state index in [1.807, 2.05) is 11.8 Å². The van der Waals surface area contributed by atoms with Gasteiger partial charge in [0.2, 0.25) is 0 Å². The summed E-state index contributed by atoms with van der Waals surface area (Å²) in [5.74, 6) is 1.26. The highest BCUT2D eigenvalue weighted by Crippen LogP contribution is 2.22. The molecule has 0 radical (unpaired) electrons. The molecule has 1 nitrogen and oxygen atoms in total. The van der Waals surface area contributed by atoms with Crippen LogP contribution in [0.3, 0.4) is 0 Å². The second-order valence-corrected chi connectivity index (χ2v) is 4.28. The molecule has 10 heavy (non-hydrogen) atoms. The highest BCUT2D eigenvalue weighted by molar-refractivity contribution is 8.00. The molecule has 0 amide bonds. The van der Waals surface area contributed by atoms with Gasteiger partial charge in [0.05, 0.1) is 0 Å². The van der Waals surface area contributed by atoms with E-state index in [9.17, 15) is 0 Å². The van der Waals surface area contributed by atoms with Crippen LogP contribution in [0.4, 0.5) is 0 Å². The van der Waals surface area contributed by atoms with Crippen molar-refractivity contribution in [3.8, 4) is 0 Å². The number of rotatable bonds is 1. The topological polar surface area (TPSA) is 3.24 Å². The molecule has 1 fully saturated rings. The molecule has 0 saturated carbocycles. The molecule has 1 rings (SSSR count). The van der Waals surface area contributed by atoms with Crippen LogP contribution in [0.1, 0.15) is 6.92 Å². The Hall–Kier alpha value is 0.0500. The first-order valence-corrected chi connectivity index (χ1v) is 4.70. The van der Waals surface area contributed by atoms with E-state index in [1.54, 1.807) is 0 Å². The first-order valence-electron chi connectivity index (χ1n) is 3.65. The van der Waals surface area contributed by atoms with E-state index < -0.39 is 0 Å². The van der Waals surface area contributed by atoms with E-state index in [-0.39, 0.29) is 0 Å². The van der Waals surface area contributed by atoms with Gasteiger partial charge in [-0.3, -0.25) is 0 Å². The standard InChI is InChI=1S/C8H15NS/c1-7(2)8-6-9(3)4-5-10-8/h8H,1,4-6H2,2-3H3. The van der Waals surface area contributed by atoms with E-state index in [2.05, 4.69) is 25.5 Å². The summed E-state index contributed by atoms with van der Waals surface area (Å²) >= 11 is 2.03. The van der Waals surface area contributed by atoms with Crippen LogP contribution in [0.2, 0.25) is 0 Å². The molecule has 1 heterocycles. The lowest BCUT2D eigenvalue weighted by Crippen LogP contribution is -2.34. The summed E-state index contributed by atoms with van der Waals surface area (Å²) in [6.07, 6.45) is 0. The van der Waals surface area contributed by atoms with Gasteiger partial charge in [0.25, 0.3) is 0 Å². The number of hydrogen-bond acceptors (Lipinski definition) is 2. The van der Waals surface area contributed by atoms with Crippen LogP contribution in [-0.2, 0) is 0 Å². The predicted octanol–water partition coefficient (Wildman–Crippen LogP) is 1.61. The summed E-state index contributed by atoms with van der Waals surface area (Å²) in [7, 11) is 2.18. The Balaban J connectivity index is 2.39. The zero-order valence-corrected chi connectivity index (χ0v) is 7.58. The molecule has 0 bridgehead atoms. The molecule has 1 atom stereocenters. The molecule has 2 heteroatoms. The number of hydrogen-bond donors (Lipinski definition) is 0. The molecule has 0 spiro atoms. The zero-order chi connectivity index (χ0) is 7.56. The summed E-state index contributed by atoms with van der Waals surface area (Å²) in [6.45, 7) is 8.50. The van der Waals surface area contributed by atoms with Gasteiger partial charge in [-0.15, -0.1) is 0 Å². The van der Waals surface area contributed by atoms with Crippen LogP contribution in [0.25, 0.3) is 0 Å². The van der Waals surface area contributed by atoms with Gasteiger partial charge in [-0.25, -0.2) is 0 Å². The first kappa shape index (κ1) is 8.15. The van der Waals surface area contributed by atoms with Gasteiger partial charge in [-0.1, -0.05) is 12.2 Å². The highest BCUT2D eigenvalue weighted by atomic mass is 32.2. The Labute approximate surface area is 67.5 Å². The Kier molecular flexibility index (Phi) is 2.81. The Morgan fingerprint density at radius 2 is 2.40 bits per heavy atom. The van der Waals surface area contributed by atoms with Crippen molar-refractivity contribution in [3.05, 3.63) is 12.2 Å². The predicted molar refractivity (Wildman–Crippen MR) is 48.6 cm³/mol. The minimum atomic E-state index is 0.679. The quantitative estimate of drug-likeness (QED) is 0.532. The summed E-state index contributed by atoms with van der Waals surface area (Å²) in [5, 5.41) is 0.679. The third-order valence-electron chi connectivity index (χ3n) is 1.82. The van der Waals surface area contributed by atoms with Gasteiger partial charge >= 0.3 is 0 Å². The summed E-state index contributed by atoms with van der Waals surface area (Å²) in [6, 6.07) is 0. The number of thioether (sulfide) groups is 1. The summed E-state index contributed by atoms with van der Waals surface area (Å²) < 4.78 is 0. The largest absolute Gasteiger partial charge is 0.304 e. The second-order valence-electron chi connectivity index (χ2n) is 2.97. The third kappa shape index (κ3) is 2.03. The van der Waals surface area contributed by atoms with E-state index in [1.165, 1.54) is 24.4 Å². The molecule has 1 unspecified atom stereocenters. The van der Waals surface area contributed by atoms with Crippen LogP contribution in [0, 0.1) is 0 Å². The Bertz CT molecular complexity index is 133. The molecule has 1 aliphatic rings. The van der Waals surface area contributed by atoms with Crippen molar-refractivity contribution in [2.24, 2.45) is 0 Å². The van der Waals surface area contributed by atoms with Crippen molar-refractivity contribution >= 4 is 11.8 Å². The van der Waals surface area contributed by atoms with Gasteiger partial charge in [-0.05, 0) is 14.0 Å². The van der Waals surface area contributed by atoms with Gasteiger partial charge in [0.15, 0.2) is 0 Å². The minimum absolute atomic E-state index is 0.679. The summed E-state index contributed by atoms with van der Waals surface area (Å²) in [4.78, 5) is 2.37. The maximum absolute atomic E-state index is 3.97. The van der Waals surface area contributed by atoms with Gasteiger partial charge < -0.3 is 4.90 Å². The van der Waals surface area contributed by atoms with Gasteiger partial charge in [-0.2, -0.15) is 11.8 Å². The maximum Gasteiger partial charge on any atom is 0.0378 e. The number of nitrogens with zero attached hydrogens (tertiary/aromatic N) is 1. The average molecular weight is 157 g/mol. The van der Waals surface area contributed by atoms with E-state index in [0.29, 0.717) is 5.25 Å². The molecule has 58 valence electrons. The highest BCUT2D eigenvalue weighted by Gasteiger charge is 2.17. The monoisotopic (exact) mass is 157 g/mol. The molecule has 1 saturated heterocycles. The summed E-state index contributed by atoms with van der Waals surface area (Å²) in [5.41, 5.74) is 1.32. The maximum atomic E-state index is 3.97. The SMILES string of the molecule is C=C(C)C1CN(C)CCS1. The van der Waals surface area contributed by atoms with Crippen molar-refractivity contribution in [1.82, 2.24) is 4.90 Å². The molecule has 0 aromatic rings. The third-order valence-corrected chi connectivity index (χ3v) is 3.19. The molecule has 0 aliphatic carbocycles. The zero-order valence-electron chi connectivity index (χ0n) is 6.76. The molecular formula is C8H15NS. The van der Waals surface area contributed by atoms with Crippen LogP contribution >= 0.6 is 11.8 Å². The Morgan fingerprint density at radius 1 is 1.70 bits per heavy atom. The van der Waals surface area contributed by atoms with E-state index in [4.69, 9.17) is 0 Å². The molecular weight excluding hydrogens is 142 g/mol. The van der Waals surface area contributed by atoms with Crippen molar-refractivity contribution < 1.29 is 0 Å². The average Bonchev–Trinajstić information content (AvgIpc) is 1.88. The van der Waals surface area contributed by atoms with Crippen molar-refractivity contribution in [1.29, 1.82) is 0 Å². The van der Waals surface area contributed by atoms with Gasteiger partial charge in [0, 0.05) is 24.1 Å². The van der Waals surface area contributed by atoms with Gasteiger partial charge in [0.1, 0.15) is 0 Å². The normalized spacial score (nSPS) is 28.4. The minimum Gasteiger partial charge on any atom is -0.304 e. The lowest BCUT2D eigenvalue weighted by Gasteiger charge is -2.29. The van der Waals surface area contributed by atoms with Crippen LogP contribution in [0.5, 0.6) is 0 Å². The van der Waals surface area contributed by atoms with Crippen molar-refractivity contribution in [3.63, 3.8) is 0 Å². The van der Waals surface area contributed by atoms with Crippen LogP contribution < -0.4 is 0 Å².